The van der Waals surface area contributed by atoms with Crippen LogP contribution in [0, 0.1) is 0 Å². The molecule has 0 aliphatic rings. The predicted molar refractivity (Wildman–Crippen MR) is 46.5 cm³/mol. The van der Waals surface area contributed by atoms with E-state index in [-0.39, 0.29) is 5.02 Å². The van der Waals surface area contributed by atoms with E-state index >= 15 is 0 Å². The Balaban J connectivity index is 2.99. The van der Waals surface area contributed by atoms with Crippen molar-refractivity contribution in [1.29, 1.82) is 0 Å². The molecule has 0 aliphatic heterocycles. The second-order valence-corrected chi connectivity index (χ2v) is 20.8. The van der Waals surface area contributed by atoms with Gasteiger partial charge in [0.25, 0.3) is 0 Å². The standard InChI is InChI=1S/Br3ClP2/c1-5(2)6(3)4. The summed E-state index contributed by atoms with van der Waals surface area (Å²) in [6.45, 7) is 0. The van der Waals surface area contributed by atoms with E-state index in [2.05, 4.69) is 46.5 Å². The molecule has 0 nitrogen and oxygen atoms in total. The first kappa shape index (κ1) is 8.59. The zero-order valence-electron chi connectivity index (χ0n) is 2.41. The maximum atomic E-state index is 5.53. The van der Waals surface area contributed by atoms with Gasteiger partial charge in [0.2, 0.25) is 0 Å². The molecule has 0 amide bonds. The van der Waals surface area contributed by atoms with Crippen LogP contribution in [0.2, 0.25) is 0 Å². The number of hydrogen-bond acceptors (Lipinski definition) is 0. The van der Waals surface area contributed by atoms with Gasteiger partial charge in [-0.3, -0.25) is 0 Å². The summed E-state index contributed by atoms with van der Waals surface area (Å²) in [7, 11) is 0. The molecule has 6 heavy (non-hydrogen) atoms. The van der Waals surface area contributed by atoms with Crippen molar-refractivity contribution in [3.8, 4) is 0 Å². The van der Waals surface area contributed by atoms with Gasteiger partial charge in [-0.15, -0.1) is 0 Å². The van der Waals surface area contributed by atoms with Crippen LogP contribution in [0.5, 0.6) is 0 Å². The highest BCUT2D eigenvalue weighted by molar-refractivity contribution is 9.82. The van der Waals surface area contributed by atoms with Gasteiger partial charge < -0.3 is 0 Å². The molecule has 0 heterocycles. The first-order valence-corrected chi connectivity index (χ1v) is 11.2. The molecule has 0 saturated heterocycles. The lowest BCUT2D eigenvalue weighted by atomic mass is 29.9. The van der Waals surface area contributed by atoms with Crippen LogP contribution >= 0.6 is 68.4 Å². The van der Waals surface area contributed by atoms with E-state index < -0.39 is 5.67 Å². The van der Waals surface area contributed by atoms with Crippen molar-refractivity contribution in [2.24, 2.45) is 0 Å². The predicted octanol–water partition coefficient (Wildman–Crippen LogP) is 4.95. The Hall–Kier alpha value is 2.59. The van der Waals surface area contributed by atoms with Crippen molar-refractivity contribution in [2.45, 2.75) is 0 Å². The number of hydrogen-bond donors (Lipinski definition) is 0. The Kier molecular flexibility index (Phi) is 6.40. The van der Waals surface area contributed by atoms with Crippen molar-refractivity contribution in [2.75, 3.05) is 0 Å². The van der Waals surface area contributed by atoms with Gasteiger partial charge in [-0.1, -0.05) is 11.2 Å². The minimum absolute atomic E-state index is 0.288. The molecule has 0 aromatic carbocycles. The summed E-state index contributed by atoms with van der Waals surface area (Å²) in [5.41, 5.74) is -0.477. The Morgan fingerprint density at radius 2 is 1.33 bits per heavy atom. The zero-order chi connectivity index (χ0) is 5.15. The topological polar surface area (TPSA) is 0 Å². The smallest absolute Gasteiger partial charge is 0.0766 e. The summed E-state index contributed by atoms with van der Waals surface area (Å²) in [5, 5.41) is -0.288. The van der Waals surface area contributed by atoms with E-state index in [9.17, 15) is 0 Å². The van der Waals surface area contributed by atoms with E-state index in [0.717, 1.165) is 0 Å². The van der Waals surface area contributed by atoms with Crippen molar-refractivity contribution < 1.29 is 0 Å². The van der Waals surface area contributed by atoms with Gasteiger partial charge in [-0.05, 0) is 46.5 Å². The van der Waals surface area contributed by atoms with E-state index in [1.165, 1.54) is 0 Å². The molecule has 38 valence electrons. The van der Waals surface area contributed by atoms with E-state index in [4.69, 9.17) is 11.2 Å². The molecule has 0 bridgehead atoms. The average Bonchev–Trinajstić information content (AvgIpc) is 1.36. The molecule has 1 unspecified atom stereocenters. The van der Waals surface area contributed by atoms with Gasteiger partial charge in [-0.25, -0.2) is 0 Å². The third kappa shape index (κ3) is 4.74. The molecule has 0 radical (unpaired) electrons. The maximum Gasteiger partial charge on any atom is 0.106 e. The average molecular weight is 337 g/mol. The highest BCUT2D eigenvalue weighted by atomic mass is 79.9. The lowest BCUT2D eigenvalue weighted by molar-refractivity contribution is 4.93. The lowest BCUT2D eigenvalue weighted by Crippen LogP contribution is -1.16. The molecule has 6 heteroatoms. The minimum Gasteiger partial charge on any atom is -0.0766 e. The largest absolute Gasteiger partial charge is 0.106 e. The van der Waals surface area contributed by atoms with Crippen LogP contribution in [-0.2, 0) is 0 Å². The fraction of sp³-hybridized carbons (Fsp3) is 0. The van der Waals surface area contributed by atoms with Gasteiger partial charge >= 0.3 is 0 Å². The molecular formula is Br3ClP2. The summed E-state index contributed by atoms with van der Waals surface area (Å²) in [4.78, 5) is 0. The summed E-state index contributed by atoms with van der Waals surface area (Å²) < 4.78 is 0. The molecule has 0 aromatic rings. The fourth-order valence-corrected chi connectivity index (χ4v) is 0. The third-order valence-corrected chi connectivity index (χ3v) is 21.9. The summed E-state index contributed by atoms with van der Waals surface area (Å²) in [6, 6.07) is 0. The van der Waals surface area contributed by atoms with Gasteiger partial charge in [0, 0.05) is 0 Å². The summed E-state index contributed by atoms with van der Waals surface area (Å²) in [6.07, 6.45) is 0. The highest BCUT2D eigenvalue weighted by Crippen LogP contribution is 2.85. The molecule has 0 spiro atoms. The molecule has 0 N–H and O–H groups in total. The SMILES string of the molecule is ClP(Br)P(Br)Br. The fourth-order valence-electron chi connectivity index (χ4n) is 0. The Labute approximate surface area is 67.8 Å². The first-order chi connectivity index (χ1) is 2.64. The van der Waals surface area contributed by atoms with Crippen molar-refractivity contribution in [1.82, 2.24) is 0 Å². The quantitative estimate of drug-likeness (QED) is 0.594. The van der Waals surface area contributed by atoms with E-state index in [1.54, 1.807) is 0 Å². The van der Waals surface area contributed by atoms with E-state index in [1.807, 2.05) is 0 Å². The third-order valence-electron chi connectivity index (χ3n) is 0.114. The van der Waals surface area contributed by atoms with Gasteiger partial charge in [0.1, 0.15) is 5.67 Å². The van der Waals surface area contributed by atoms with Crippen LogP contribution in [-0.4, -0.2) is 0 Å². The number of rotatable bonds is 1. The van der Waals surface area contributed by atoms with Gasteiger partial charge in [0.05, 0.1) is 5.02 Å². The van der Waals surface area contributed by atoms with E-state index in [0.29, 0.717) is 0 Å². The molecule has 0 aliphatic carbocycles. The van der Waals surface area contributed by atoms with Crippen molar-refractivity contribution >= 4 is 68.4 Å². The van der Waals surface area contributed by atoms with Crippen LogP contribution in [0.4, 0.5) is 0 Å². The van der Waals surface area contributed by atoms with Crippen LogP contribution < -0.4 is 0 Å². The second-order valence-electron chi connectivity index (χ2n) is 0.430. The van der Waals surface area contributed by atoms with Crippen LogP contribution in [0.25, 0.3) is 0 Å². The molecule has 0 aromatic heterocycles. The minimum atomic E-state index is -0.477. The van der Waals surface area contributed by atoms with Crippen LogP contribution in [0.1, 0.15) is 0 Å². The van der Waals surface area contributed by atoms with Crippen LogP contribution in [0.3, 0.4) is 0 Å². The Morgan fingerprint density at radius 1 is 1.17 bits per heavy atom. The zero-order valence-corrected chi connectivity index (χ0v) is 9.71. The Bertz CT molecular complexity index is 29.8. The van der Waals surface area contributed by atoms with Gasteiger partial charge in [-0.2, -0.15) is 0 Å². The summed E-state index contributed by atoms with van der Waals surface area (Å²) >= 11 is 15.3. The maximum absolute atomic E-state index is 5.53. The monoisotopic (exact) mass is 334 g/mol. The first-order valence-electron chi connectivity index (χ1n) is 0.876. The molecule has 1 atom stereocenters. The molecule has 0 saturated carbocycles. The molecular weight excluding hydrogens is 337 g/mol. The van der Waals surface area contributed by atoms with Crippen LogP contribution in [0.15, 0.2) is 0 Å². The lowest BCUT2D eigenvalue weighted by Gasteiger charge is -1.95. The van der Waals surface area contributed by atoms with Gasteiger partial charge in [0.15, 0.2) is 0 Å². The number of halogens is 4. The Morgan fingerprint density at radius 3 is 1.33 bits per heavy atom. The molecule has 0 fully saturated rings. The summed E-state index contributed by atoms with van der Waals surface area (Å²) in [5.74, 6) is 0. The normalized spacial score (nSPS) is 15.5. The van der Waals surface area contributed by atoms with Crippen molar-refractivity contribution in [3.63, 3.8) is 0 Å². The second kappa shape index (κ2) is 4.47. The highest BCUT2D eigenvalue weighted by Gasteiger charge is 2.05. The molecule has 0 rings (SSSR count). The van der Waals surface area contributed by atoms with Crippen molar-refractivity contribution in [3.05, 3.63) is 0 Å².